The lowest BCUT2D eigenvalue weighted by Gasteiger charge is -2.24. The van der Waals surface area contributed by atoms with E-state index < -0.39 is 18.6 Å². The Morgan fingerprint density at radius 2 is 2.20 bits per heavy atom. The van der Waals surface area contributed by atoms with E-state index in [1.165, 1.54) is 12.3 Å². The maximum Gasteiger partial charge on any atom is 0.406 e. The Bertz CT molecular complexity index is 481. The highest BCUT2D eigenvalue weighted by Gasteiger charge is 2.33. The van der Waals surface area contributed by atoms with E-state index in [9.17, 15) is 18.0 Å². The molecule has 3 N–H and O–H groups in total. The molecule has 0 saturated carbocycles. The number of hydrogen-bond acceptors (Lipinski definition) is 4. The highest BCUT2D eigenvalue weighted by atomic mass is 79.9. The first-order valence-electron chi connectivity index (χ1n) is 5.76. The van der Waals surface area contributed by atoms with Crippen molar-refractivity contribution in [2.45, 2.75) is 19.5 Å². The van der Waals surface area contributed by atoms with E-state index in [4.69, 9.17) is 5.84 Å². The lowest BCUT2D eigenvalue weighted by atomic mass is 10.2. The van der Waals surface area contributed by atoms with Crippen molar-refractivity contribution in [1.82, 2.24) is 9.88 Å². The Morgan fingerprint density at radius 1 is 1.55 bits per heavy atom. The molecule has 0 atom stereocenters. The minimum Gasteiger partial charge on any atom is -0.329 e. The fourth-order valence-electron chi connectivity index (χ4n) is 1.63. The average Bonchev–Trinajstić information content (AvgIpc) is 2.36. The third kappa shape index (κ3) is 4.64. The van der Waals surface area contributed by atoms with Gasteiger partial charge in [-0.05, 0) is 28.4 Å². The largest absolute Gasteiger partial charge is 0.406 e. The normalized spacial score (nSPS) is 11.3. The van der Waals surface area contributed by atoms with E-state index in [1.807, 2.05) is 0 Å². The summed E-state index contributed by atoms with van der Waals surface area (Å²) in [4.78, 5) is 16.8. The smallest absolute Gasteiger partial charge is 0.329 e. The monoisotopic (exact) mass is 354 g/mol. The molecule has 0 aromatic carbocycles. The predicted molar refractivity (Wildman–Crippen MR) is 72.0 cm³/mol. The van der Waals surface area contributed by atoms with Gasteiger partial charge in [-0.3, -0.25) is 4.79 Å². The molecule has 0 unspecified atom stereocenters. The molecule has 0 radical (unpaired) electrons. The van der Waals surface area contributed by atoms with Gasteiger partial charge in [0.2, 0.25) is 0 Å². The zero-order chi connectivity index (χ0) is 15.3. The van der Waals surface area contributed by atoms with Gasteiger partial charge in [-0.1, -0.05) is 6.92 Å². The van der Waals surface area contributed by atoms with Crippen LogP contribution in [0.15, 0.2) is 16.7 Å². The minimum atomic E-state index is -4.46. The maximum absolute atomic E-state index is 12.5. The highest BCUT2D eigenvalue weighted by molar-refractivity contribution is 9.10. The zero-order valence-electron chi connectivity index (χ0n) is 10.7. The van der Waals surface area contributed by atoms with E-state index in [0.29, 0.717) is 10.9 Å². The number of nitrogen functional groups attached to an aromatic ring is 1. The number of aromatic nitrogens is 1. The summed E-state index contributed by atoms with van der Waals surface area (Å²) >= 11 is 3.12. The van der Waals surface area contributed by atoms with Crippen LogP contribution in [-0.2, 0) is 0 Å². The second-order valence-electron chi connectivity index (χ2n) is 4.04. The first-order chi connectivity index (χ1) is 9.28. The molecule has 0 bridgehead atoms. The van der Waals surface area contributed by atoms with Crippen LogP contribution in [0.2, 0.25) is 0 Å². The number of hydrogen-bond donors (Lipinski definition) is 2. The molecule has 0 saturated heterocycles. The number of amides is 1. The summed E-state index contributed by atoms with van der Waals surface area (Å²) in [6.45, 7) is 0.378. The van der Waals surface area contributed by atoms with E-state index in [-0.39, 0.29) is 17.9 Å². The molecule has 5 nitrogen and oxygen atoms in total. The molecule has 0 fully saturated rings. The van der Waals surface area contributed by atoms with Crippen molar-refractivity contribution in [3.63, 3.8) is 0 Å². The van der Waals surface area contributed by atoms with Crippen LogP contribution in [0.1, 0.15) is 23.7 Å². The van der Waals surface area contributed by atoms with E-state index >= 15 is 0 Å². The number of carbonyl (C=O) groups is 1. The number of hydrazine groups is 1. The first-order valence-corrected chi connectivity index (χ1v) is 6.56. The molecule has 9 heteroatoms. The van der Waals surface area contributed by atoms with Crippen LogP contribution in [0.25, 0.3) is 0 Å². The van der Waals surface area contributed by atoms with Crippen molar-refractivity contribution in [2.24, 2.45) is 5.84 Å². The van der Waals surface area contributed by atoms with Crippen LogP contribution in [-0.4, -0.2) is 35.1 Å². The van der Waals surface area contributed by atoms with Gasteiger partial charge >= 0.3 is 6.18 Å². The number of anilines is 1. The molecule has 112 valence electrons. The van der Waals surface area contributed by atoms with Gasteiger partial charge in [0.1, 0.15) is 6.54 Å². The second kappa shape index (κ2) is 6.89. The van der Waals surface area contributed by atoms with E-state index in [1.54, 1.807) is 6.92 Å². The molecule has 0 spiro atoms. The lowest BCUT2D eigenvalue weighted by molar-refractivity contribution is -0.140. The van der Waals surface area contributed by atoms with E-state index in [2.05, 4.69) is 26.3 Å². The maximum atomic E-state index is 12.5. The van der Waals surface area contributed by atoms with Gasteiger partial charge in [0, 0.05) is 17.2 Å². The molecule has 0 aliphatic carbocycles. The predicted octanol–water partition coefficient (Wildman–Crippen LogP) is 2.54. The van der Waals surface area contributed by atoms with Gasteiger partial charge < -0.3 is 10.3 Å². The summed E-state index contributed by atoms with van der Waals surface area (Å²) in [6.07, 6.45) is -2.66. The van der Waals surface area contributed by atoms with Crippen molar-refractivity contribution >= 4 is 27.7 Å². The number of alkyl halides is 3. The van der Waals surface area contributed by atoms with Crippen molar-refractivity contribution < 1.29 is 18.0 Å². The van der Waals surface area contributed by atoms with Crippen LogP contribution in [0.4, 0.5) is 19.0 Å². The topological polar surface area (TPSA) is 71.2 Å². The molecule has 1 heterocycles. The summed E-state index contributed by atoms with van der Waals surface area (Å²) < 4.78 is 38.0. The molecule has 1 rings (SSSR count). The van der Waals surface area contributed by atoms with Crippen molar-refractivity contribution in [1.29, 1.82) is 0 Å². The fraction of sp³-hybridized carbons (Fsp3) is 0.455. The number of rotatable bonds is 5. The molecular formula is C11H14BrF3N4O. The third-order valence-corrected chi connectivity index (χ3v) is 2.81. The van der Waals surface area contributed by atoms with Crippen LogP contribution in [0.3, 0.4) is 0 Å². The van der Waals surface area contributed by atoms with Crippen LogP contribution in [0.5, 0.6) is 0 Å². The molecule has 1 aromatic rings. The van der Waals surface area contributed by atoms with Gasteiger partial charge in [0.15, 0.2) is 5.82 Å². The van der Waals surface area contributed by atoms with Crippen LogP contribution < -0.4 is 11.3 Å². The van der Waals surface area contributed by atoms with Crippen molar-refractivity contribution in [3.05, 3.63) is 22.3 Å². The number of carbonyl (C=O) groups excluding carboxylic acids is 1. The van der Waals surface area contributed by atoms with Crippen molar-refractivity contribution in [3.8, 4) is 0 Å². The Labute approximate surface area is 122 Å². The Kier molecular flexibility index (Phi) is 5.75. The highest BCUT2D eigenvalue weighted by Crippen LogP contribution is 2.22. The van der Waals surface area contributed by atoms with Gasteiger partial charge in [-0.2, -0.15) is 13.2 Å². The van der Waals surface area contributed by atoms with Crippen LogP contribution >= 0.6 is 15.9 Å². The summed E-state index contributed by atoms with van der Waals surface area (Å²) in [5.74, 6) is 4.48. The molecule has 1 aromatic heterocycles. The second-order valence-corrected chi connectivity index (χ2v) is 4.95. The van der Waals surface area contributed by atoms with Crippen molar-refractivity contribution in [2.75, 3.05) is 18.5 Å². The number of halogens is 4. The Hall–Kier alpha value is -1.35. The molecule has 0 aliphatic rings. The Balaban J connectivity index is 3.08. The average molecular weight is 355 g/mol. The molecular weight excluding hydrogens is 341 g/mol. The van der Waals surface area contributed by atoms with Crippen LogP contribution in [0, 0.1) is 0 Å². The lowest BCUT2D eigenvalue weighted by Crippen LogP contribution is -2.40. The standard InChI is InChI=1S/C11H14BrF3N4O/c1-2-3-19(6-11(13,14)15)10(20)8-4-7(12)5-17-9(8)18-16/h4-5H,2-3,6,16H2,1H3,(H,17,18). The van der Waals surface area contributed by atoms with E-state index in [0.717, 1.165) is 4.90 Å². The number of nitrogens with zero attached hydrogens (tertiary/aromatic N) is 2. The molecule has 1 amide bonds. The summed E-state index contributed by atoms with van der Waals surface area (Å²) in [5, 5.41) is 0. The summed E-state index contributed by atoms with van der Waals surface area (Å²) in [5.41, 5.74) is 2.19. The Morgan fingerprint density at radius 3 is 2.70 bits per heavy atom. The van der Waals surface area contributed by atoms with Gasteiger partial charge in [-0.15, -0.1) is 0 Å². The summed E-state index contributed by atoms with van der Waals surface area (Å²) in [7, 11) is 0. The quantitative estimate of drug-likeness (QED) is 0.629. The minimum absolute atomic E-state index is 0.00509. The van der Waals surface area contributed by atoms with Gasteiger partial charge in [0.25, 0.3) is 5.91 Å². The number of pyridine rings is 1. The molecule has 20 heavy (non-hydrogen) atoms. The van der Waals surface area contributed by atoms with Gasteiger partial charge in [0.05, 0.1) is 5.56 Å². The third-order valence-electron chi connectivity index (χ3n) is 2.37. The van der Waals surface area contributed by atoms with Gasteiger partial charge in [-0.25, -0.2) is 10.8 Å². The molecule has 0 aliphatic heterocycles. The number of nitrogens with one attached hydrogen (secondary N) is 1. The SMILES string of the molecule is CCCN(CC(F)(F)F)C(=O)c1cc(Br)cnc1NN. The summed E-state index contributed by atoms with van der Waals surface area (Å²) in [6, 6.07) is 1.38. The fourth-order valence-corrected chi connectivity index (χ4v) is 1.96. The number of nitrogens with two attached hydrogens (primary N) is 1. The zero-order valence-corrected chi connectivity index (χ0v) is 12.3. The first kappa shape index (κ1) is 16.7.